The van der Waals surface area contributed by atoms with Crippen molar-refractivity contribution >= 4 is 0 Å². The zero-order valence-corrected chi connectivity index (χ0v) is 11.2. The molecule has 0 saturated carbocycles. The van der Waals surface area contributed by atoms with Gasteiger partial charge in [0.05, 0.1) is 12.0 Å². The zero-order chi connectivity index (χ0) is 12.1. The number of hydrogen-bond donors (Lipinski definition) is 1. The molecule has 0 spiro atoms. The Balaban J connectivity index is 2.35. The van der Waals surface area contributed by atoms with E-state index in [4.69, 9.17) is 0 Å². The van der Waals surface area contributed by atoms with Crippen LogP contribution in [0.5, 0.6) is 0 Å². The van der Waals surface area contributed by atoms with Gasteiger partial charge in [-0.25, -0.2) is 4.98 Å². The van der Waals surface area contributed by atoms with Gasteiger partial charge in [0, 0.05) is 11.7 Å². The van der Waals surface area contributed by atoms with Crippen molar-refractivity contribution in [2.45, 2.75) is 47.1 Å². The Labute approximate surface area is 99.3 Å². The second-order valence-electron chi connectivity index (χ2n) is 5.06. The van der Waals surface area contributed by atoms with Crippen LogP contribution in [0.2, 0.25) is 0 Å². The number of aromatic nitrogens is 2. The van der Waals surface area contributed by atoms with Crippen LogP contribution < -0.4 is 5.32 Å². The Hall–Kier alpha value is -0.830. The molecule has 3 nitrogen and oxygen atoms in total. The van der Waals surface area contributed by atoms with E-state index in [2.05, 4.69) is 49.5 Å². The van der Waals surface area contributed by atoms with E-state index in [9.17, 15) is 0 Å². The Morgan fingerprint density at radius 3 is 2.50 bits per heavy atom. The van der Waals surface area contributed by atoms with Gasteiger partial charge in [-0.1, -0.05) is 13.8 Å². The summed E-state index contributed by atoms with van der Waals surface area (Å²) in [5, 5.41) is 3.48. The summed E-state index contributed by atoms with van der Waals surface area (Å²) in [5.74, 6) is 0.729. The van der Waals surface area contributed by atoms with Crippen LogP contribution in [0.25, 0.3) is 0 Å². The summed E-state index contributed by atoms with van der Waals surface area (Å²) >= 11 is 0. The zero-order valence-electron chi connectivity index (χ0n) is 11.2. The van der Waals surface area contributed by atoms with Gasteiger partial charge in [-0.05, 0) is 46.2 Å². The summed E-state index contributed by atoms with van der Waals surface area (Å²) < 4.78 is 2.27. The fourth-order valence-electron chi connectivity index (χ4n) is 1.80. The minimum Gasteiger partial charge on any atom is -0.332 e. The minimum absolute atomic E-state index is 0.529. The average Bonchev–Trinajstić information content (AvgIpc) is 2.54. The lowest BCUT2D eigenvalue weighted by Gasteiger charge is -2.16. The highest BCUT2D eigenvalue weighted by Gasteiger charge is 2.08. The smallest absolute Gasteiger partial charge is 0.0953 e. The SMILES string of the molecule is Cc1ncn(C(C)CCNCC(C)C)c1C. The molecule has 1 heterocycles. The quantitative estimate of drug-likeness (QED) is 0.751. The topological polar surface area (TPSA) is 29.9 Å². The van der Waals surface area contributed by atoms with Gasteiger partial charge in [-0.15, -0.1) is 0 Å². The normalized spacial score (nSPS) is 13.4. The van der Waals surface area contributed by atoms with E-state index < -0.39 is 0 Å². The molecule has 0 aliphatic carbocycles. The lowest BCUT2D eigenvalue weighted by molar-refractivity contribution is 0.458. The Morgan fingerprint density at radius 1 is 1.31 bits per heavy atom. The number of nitrogens with zero attached hydrogens (tertiary/aromatic N) is 2. The van der Waals surface area contributed by atoms with Crippen LogP contribution in [0.1, 0.15) is 44.6 Å². The van der Waals surface area contributed by atoms with Gasteiger partial charge in [-0.3, -0.25) is 0 Å². The average molecular weight is 223 g/mol. The lowest BCUT2D eigenvalue weighted by atomic mass is 10.2. The Kier molecular flexibility index (Phi) is 5.00. The van der Waals surface area contributed by atoms with Crippen molar-refractivity contribution in [3.63, 3.8) is 0 Å². The standard InChI is InChI=1S/C13H25N3/c1-10(2)8-14-7-6-11(3)16-9-15-12(4)13(16)5/h9-11,14H,6-8H2,1-5H3. The van der Waals surface area contributed by atoms with E-state index in [-0.39, 0.29) is 0 Å². The Bertz CT molecular complexity index is 315. The van der Waals surface area contributed by atoms with Gasteiger partial charge in [0.2, 0.25) is 0 Å². The van der Waals surface area contributed by atoms with Crippen LogP contribution in [0.15, 0.2) is 6.33 Å². The second kappa shape index (κ2) is 6.04. The molecular formula is C13H25N3. The summed E-state index contributed by atoms with van der Waals surface area (Å²) in [7, 11) is 0. The van der Waals surface area contributed by atoms with Gasteiger partial charge in [0.1, 0.15) is 0 Å². The third kappa shape index (κ3) is 3.63. The summed E-state index contributed by atoms with van der Waals surface area (Å²) in [4.78, 5) is 4.34. The van der Waals surface area contributed by atoms with Crippen LogP contribution in [-0.4, -0.2) is 22.6 Å². The van der Waals surface area contributed by atoms with Crippen LogP contribution in [0, 0.1) is 19.8 Å². The highest BCUT2D eigenvalue weighted by atomic mass is 15.1. The van der Waals surface area contributed by atoms with E-state index in [0.717, 1.165) is 31.1 Å². The molecule has 0 saturated heterocycles. The third-order valence-electron chi connectivity index (χ3n) is 3.05. The molecule has 1 aromatic rings. The number of imidazole rings is 1. The van der Waals surface area contributed by atoms with Gasteiger partial charge >= 0.3 is 0 Å². The summed E-state index contributed by atoms with van der Waals surface area (Å²) in [6, 6.07) is 0.529. The molecule has 0 aliphatic rings. The number of hydrogen-bond acceptors (Lipinski definition) is 2. The summed E-state index contributed by atoms with van der Waals surface area (Å²) in [5.41, 5.74) is 2.43. The summed E-state index contributed by atoms with van der Waals surface area (Å²) in [6.45, 7) is 13.1. The largest absolute Gasteiger partial charge is 0.332 e. The first-order chi connectivity index (χ1) is 7.52. The maximum Gasteiger partial charge on any atom is 0.0953 e. The summed E-state index contributed by atoms with van der Waals surface area (Å²) in [6.07, 6.45) is 3.11. The van der Waals surface area contributed by atoms with Crippen molar-refractivity contribution in [3.05, 3.63) is 17.7 Å². The molecule has 16 heavy (non-hydrogen) atoms. The van der Waals surface area contributed by atoms with E-state index in [1.165, 1.54) is 5.69 Å². The predicted molar refractivity (Wildman–Crippen MR) is 68.7 cm³/mol. The molecule has 3 heteroatoms. The minimum atomic E-state index is 0.529. The van der Waals surface area contributed by atoms with Gasteiger partial charge in [0.25, 0.3) is 0 Å². The molecule has 1 aromatic heterocycles. The van der Waals surface area contributed by atoms with Crippen LogP contribution >= 0.6 is 0 Å². The van der Waals surface area contributed by atoms with Crippen LogP contribution in [0.4, 0.5) is 0 Å². The van der Waals surface area contributed by atoms with E-state index in [1.807, 2.05) is 6.33 Å². The maximum atomic E-state index is 4.34. The van der Waals surface area contributed by atoms with E-state index in [1.54, 1.807) is 0 Å². The molecule has 0 radical (unpaired) electrons. The molecule has 1 rings (SSSR count). The number of aryl methyl sites for hydroxylation is 1. The lowest BCUT2D eigenvalue weighted by Crippen LogP contribution is -2.23. The van der Waals surface area contributed by atoms with Crippen molar-refractivity contribution in [1.29, 1.82) is 0 Å². The number of nitrogens with one attached hydrogen (secondary N) is 1. The predicted octanol–water partition coefficient (Wildman–Crippen LogP) is 2.70. The Morgan fingerprint density at radius 2 is 2.00 bits per heavy atom. The highest BCUT2D eigenvalue weighted by Crippen LogP contribution is 2.14. The van der Waals surface area contributed by atoms with Crippen molar-refractivity contribution in [2.75, 3.05) is 13.1 Å². The molecule has 0 bridgehead atoms. The maximum absolute atomic E-state index is 4.34. The fourth-order valence-corrected chi connectivity index (χ4v) is 1.80. The first-order valence-corrected chi connectivity index (χ1v) is 6.23. The molecule has 1 N–H and O–H groups in total. The van der Waals surface area contributed by atoms with Crippen molar-refractivity contribution in [3.8, 4) is 0 Å². The highest BCUT2D eigenvalue weighted by molar-refractivity contribution is 5.09. The first kappa shape index (κ1) is 13.2. The van der Waals surface area contributed by atoms with Crippen molar-refractivity contribution in [2.24, 2.45) is 5.92 Å². The number of rotatable bonds is 6. The molecule has 0 aromatic carbocycles. The van der Waals surface area contributed by atoms with Gasteiger partial charge in [0.15, 0.2) is 0 Å². The van der Waals surface area contributed by atoms with Crippen LogP contribution in [0.3, 0.4) is 0 Å². The van der Waals surface area contributed by atoms with Gasteiger partial charge in [-0.2, -0.15) is 0 Å². The van der Waals surface area contributed by atoms with Gasteiger partial charge < -0.3 is 9.88 Å². The second-order valence-corrected chi connectivity index (χ2v) is 5.06. The molecular weight excluding hydrogens is 198 g/mol. The molecule has 0 fully saturated rings. The molecule has 1 unspecified atom stereocenters. The van der Waals surface area contributed by atoms with Crippen molar-refractivity contribution < 1.29 is 0 Å². The monoisotopic (exact) mass is 223 g/mol. The third-order valence-corrected chi connectivity index (χ3v) is 3.05. The molecule has 1 atom stereocenters. The van der Waals surface area contributed by atoms with E-state index in [0.29, 0.717) is 6.04 Å². The van der Waals surface area contributed by atoms with E-state index >= 15 is 0 Å². The fraction of sp³-hybridized carbons (Fsp3) is 0.769. The molecule has 0 amide bonds. The van der Waals surface area contributed by atoms with Crippen molar-refractivity contribution in [1.82, 2.24) is 14.9 Å². The first-order valence-electron chi connectivity index (χ1n) is 6.23. The molecule has 92 valence electrons. The molecule has 0 aliphatic heterocycles. The van der Waals surface area contributed by atoms with Crippen LogP contribution in [-0.2, 0) is 0 Å².